The summed E-state index contributed by atoms with van der Waals surface area (Å²) in [4.78, 5) is 44.1. The van der Waals surface area contributed by atoms with Crippen molar-refractivity contribution in [2.45, 2.75) is 25.9 Å². The summed E-state index contributed by atoms with van der Waals surface area (Å²) in [6.45, 7) is 3.24. The normalized spacial score (nSPS) is 14.1. The number of fused-ring (bicyclic) bond motifs is 1. The first-order valence-corrected chi connectivity index (χ1v) is 13.0. The van der Waals surface area contributed by atoms with E-state index in [1.54, 1.807) is 17.0 Å². The van der Waals surface area contributed by atoms with Crippen molar-refractivity contribution in [1.82, 2.24) is 25.6 Å². The largest absolute Gasteiger partial charge is 0.447 e. The first kappa shape index (κ1) is 29.1. The third kappa shape index (κ3) is 7.62. The minimum atomic E-state index is -0.892. The summed E-state index contributed by atoms with van der Waals surface area (Å²) in [5, 5.41) is 7.97. The van der Waals surface area contributed by atoms with Gasteiger partial charge in [0.1, 0.15) is 24.1 Å². The number of hydrogen-bond donors (Lipinski definition) is 3. The third-order valence-corrected chi connectivity index (χ3v) is 6.80. The number of halogens is 3. The van der Waals surface area contributed by atoms with Crippen LogP contribution in [-0.2, 0) is 20.9 Å². The Morgan fingerprint density at radius 3 is 2.67 bits per heavy atom. The number of anilines is 1. The number of rotatable bonds is 9. The maximum Gasteiger partial charge on any atom is 0.412 e. The van der Waals surface area contributed by atoms with E-state index in [0.717, 1.165) is 0 Å². The summed E-state index contributed by atoms with van der Waals surface area (Å²) < 4.78 is 32.9. The molecular formula is C27H29ClF2N6O4. The lowest BCUT2D eigenvalue weighted by atomic mass is 10.1. The fourth-order valence-corrected chi connectivity index (χ4v) is 4.51. The number of carbonyl (C=O) groups excluding carboxylic acids is 3. The van der Waals surface area contributed by atoms with Crippen LogP contribution in [0, 0.1) is 11.6 Å². The number of hydrazine groups is 1. The minimum absolute atomic E-state index is 0.0156. The highest BCUT2D eigenvalue weighted by atomic mass is 35.5. The van der Waals surface area contributed by atoms with E-state index in [2.05, 4.69) is 21.0 Å². The maximum absolute atomic E-state index is 13.9. The van der Waals surface area contributed by atoms with E-state index in [1.807, 2.05) is 0 Å². The Balaban J connectivity index is 1.46. The van der Waals surface area contributed by atoms with Gasteiger partial charge in [0.25, 0.3) is 0 Å². The van der Waals surface area contributed by atoms with Gasteiger partial charge in [0.15, 0.2) is 0 Å². The van der Waals surface area contributed by atoms with Crippen molar-refractivity contribution in [3.8, 4) is 0 Å². The van der Waals surface area contributed by atoms with Gasteiger partial charge in [-0.25, -0.2) is 24.0 Å². The van der Waals surface area contributed by atoms with E-state index in [9.17, 15) is 23.2 Å². The molecule has 13 heteroatoms. The molecule has 0 aliphatic carbocycles. The van der Waals surface area contributed by atoms with Gasteiger partial charge < -0.3 is 15.0 Å². The molecule has 0 unspecified atom stereocenters. The number of nitrogens with one attached hydrogen (secondary N) is 3. The molecule has 3 amide bonds. The van der Waals surface area contributed by atoms with Crippen LogP contribution < -0.4 is 16.1 Å². The molecule has 1 aliphatic heterocycles. The monoisotopic (exact) mass is 574 g/mol. The summed E-state index contributed by atoms with van der Waals surface area (Å²) in [5.41, 5.74) is 3.30. The second kappa shape index (κ2) is 13.5. The minimum Gasteiger partial charge on any atom is -0.447 e. The first-order chi connectivity index (χ1) is 19.2. The molecule has 2 heterocycles. The Morgan fingerprint density at radius 2 is 1.93 bits per heavy atom. The quantitative estimate of drug-likeness (QED) is 0.335. The number of piperazine rings is 1. The van der Waals surface area contributed by atoms with Crippen LogP contribution in [0.25, 0.3) is 10.8 Å². The molecule has 10 nitrogen and oxygen atoms in total. The van der Waals surface area contributed by atoms with Crippen molar-refractivity contribution < 1.29 is 27.9 Å². The molecule has 0 saturated carbocycles. The maximum atomic E-state index is 13.9. The lowest BCUT2D eigenvalue weighted by Gasteiger charge is -2.33. The van der Waals surface area contributed by atoms with Gasteiger partial charge in [0.2, 0.25) is 11.8 Å². The molecule has 0 bridgehead atoms. The Kier molecular flexibility index (Phi) is 9.80. The zero-order valence-electron chi connectivity index (χ0n) is 21.8. The van der Waals surface area contributed by atoms with Crippen molar-refractivity contribution in [2.24, 2.45) is 0 Å². The highest BCUT2D eigenvalue weighted by Crippen LogP contribution is 2.20. The molecule has 40 heavy (non-hydrogen) atoms. The number of pyridine rings is 1. The molecular weight excluding hydrogens is 546 g/mol. The van der Waals surface area contributed by atoms with E-state index in [0.29, 0.717) is 42.5 Å². The molecule has 1 saturated heterocycles. The predicted molar refractivity (Wildman–Crippen MR) is 145 cm³/mol. The van der Waals surface area contributed by atoms with Gasteiger partial charge >= 0.3 is 6.09 Å². The van der Waals surface area contributed by atoms with E-state index in [4.69, 9.17) is 16.3 Å². The zero-order valence-corrected chi connectivity index (χ0v) is 22.5. The lowest BCUT2D eigenvalue weighted by molar-refractivity contribution is -0.140. The Bertz CT molecular complexity index is 1390. The van der Waals surface area contributed by atoms with Gasteiger partial charge in [0.05, 0.1) is 17.5 Å². The topological polar surface area (TPSA) is 116 Å². The van der Waals surface area contributed by atoms with Gasteiger partial charge in [-0.05, 0) is 41.3 Å². The van der Waals surface area contributed by atoms with Crippen LogP contribution in [0.1, 0.15) is 18.9 Å². The molecule has 1 atom stereocenters. The van der Waals surface area contributed by atoms with Crippen molar-refractivity contribution in [3.63, 3.8) is 0 Å². The number of ether oxygens (including phenoxy) is 1. The Labute approximate surface area is 234 Å². The van der Waals surface area contributed by atoms with Crippen LogP contribution in [0.3, 0.4) is 0 Å². The molecule has 1 fully saturated rings. The fraction of sp³-hybridized carbons (Fsp3) is 0.333. The van der Waals surface area contributed by atoms with Crippen LogP contribution in [-0.4, -0.2) is 71.6 Å². The molecule has 3 aromatic rings. The first-order valence-electron chi connectivity index (χ1n) is 12.6. The summed E-state index contributed by atoms with van der Waals surface area (Å²) in [7, 11) is 0. The number of hydrogen-bond acceptors (Lipinski definition) is 7. The van der Waals surface area contributed by atoms with Gasteiger partial charge in [-0.15, -0.1) is 0 Å². The van der Waals surface area contributed by atoms with Crippen molar-refractivity contribution >= 4 is 46.1 Å². The highest BCUT2D eigenvalue weighted by molar-refractivity contribution is 6.31. The third-order valence-electron chi connectivity index (χ3n) is 6.38. The summed E-state index contributed by atoms with van der Waals surface area (Å²) in [6.07, 6.45) is 0.474. The van der Waals surface area contributed by atoms with E-state index < -0.39 is 29.7 Å². The number of nitrogens with zero attached hydrogens (tertiary/aromatic N) is 3. The summed E-state index contributed by atoms with van der Waals surface area (Å²) in [6, 6.07) is 9.11. The van der Waals surface area contributed by atoms with Crippen molar-refractivity contribution in [1.29, 1.82) is 0 Å². The summed E-state index contributed by atoms with van der Waals surface area (Å²) in [5.74, 6) is -1.57. The van der Waals surface area contributed by atoms with E-state index in [-0.39, 0.29) is 36.3 Å². The summed E-state index contributed by atoms with van der Waals surface area (Å²) >= 11 is 6.06. The van der Waals surface area contributed by atoms with Crippen LogP contribution in [0.2, 0.25) is 5.02 Å². The van der Waals surface area contributed by atoms with Gasteiger partial charge in [0, 0.05) is 51.2 Å². The number of carbonyl (C=O) groups is 3. The number of amides is 3. The average Bonchev–Trinajstić information content (AvgIpc) is 2.93. The molecule has 0 radical (unpaired) electrons. The zero-order chi connectivity index (χ0) is 28.6. The molecule has 212 valence electrons. The lowest BCUT2D eigenvalue weighted by Crippen LogP contribution is -2.54. The molecule has 3 N–H and O–H groups in total. The van der Waals surface area contributed by atoms with Gasteiger partial charge in [-0.3, -0.25) is 19.9 Å². The van der Waals surface area contributed by atoms with Crippen LogP contribution in [0.5, 0.6) is 0 Å². The van der Waals surface area contributed by atoms with E-state index in [1.165, 1.54) is 48.5 Å². The molecule has 1 aliphatic rings. The van der Waals surface area contributed by atoms with E-state index >= 15 is 0 Å². The highest BCUT2D eigenvalue weighted by Gasteiger charge is 2.29. The SMILES string of the molecule is CC(=O)N(NCc1cccc(F)c1Cl)[C@H](COC(=O)Nc1cc2cc(F)ccc2cn1)CC(=O)N1CCNCC1. The second-order valence-electron chi connectivity index (χ2n) is 9.21. The fourth-order valence-electron chi connectivity index (χ4n) is 4.32. The van der Waals surface area contributed by atoms with Crippen LogP contribution in [0.15, 0.2) is 48.7 Å². The van der Waals surface area contributed by atoms with Crippen LogP contribution >= 0.6 is 11.6 Å². The van der Waals surface area contributed by atoms with Crippen molar-refractivity contribution in [2.75, 3.05) is 38.1 Å². The standard InChI is InChI=1S/C27H29ClF2N6O4/c1-17(37)36(33-15-19-3-2-4-23(30)26(19)28)22(13-25(38)35-9-7-31-8-10-35)16-40-27(39)34-24-12-20-11-21(29)6-5-18(20)14-32-24/h2-6,11-12,14,22,31,33H,7-10,13,15-16H2,1H3,(H,32,34,39)/t22-/m0/s1. The molecule has 4 rings (SSSR count). The molecule has 1 aromatic heterocycles. The number of benzene rings is 2. The molecule has 0 spiro atoms. The smallest absolute Gasteiger partial charge is 0.412 e. The van der Waals surface area contributed by atoms with Gasteiger partial charge in [-0.1, -0.05) is 23.7 Å². The van der Waals surface area contributed by atoms with Crippen LogP contribution in [0.4, 0.5) is 19.4 Å². The van der Waals surface area contributed by atoms with Gasteiger partial charge in [-0.2, -0.15) is 0 Å². The van der Waals surface area contributed by atoms with Crippen molar-refractivity contribution in [3.05, 3.63) is 70.9 Å². The Morgan fingerprint density at radius 1 is 1.15 bits per heavy atom. The Hall–Kier alpha value is -3.87. The molecule has 2 aromatic carbocycles. The average molecular weight is 575 g/mol. The second-order valence-corrected chi connectivity index (χ2v) is 9.59. The number of aromatic nitrogens is 1. The predicted octanol–water partition coefficient (Wildman–Crippen LogP) is 3.46.